The van der Waals surface area contributed by atoms with Crippen molar-refractivity contribution in [2.75, 3.05) is 20.8 Å². The predicted octanol–water partition coefficient (Wildman–Crippen LogP) is 4.58. The summed E-state index contributed by atoms with van der Waals surface area (Å²) in [5, 5.41) is 2.68. The average molecular weight is 399 g/mol. The van der Waals surface area contributed by atoms with Crippen LogP contribution in [0.15, 0.2) is 47.8 Å². The van der Waals surface area contributed by atoms with Crippen LogP contribution in [0.3, 0.4) is 0 Å². The van der Waals surface area contributed by atoms with Gasteiger partial charge in [-0.1, -0.05) is 12.1 Å². The number of thiazole rings is 1. The van der Waals surface area contributed by atoms with Crippen LogP contribution in [0.1, 0.15) is 23.0 Å². The van der Waals surface area contributed by atoms with Crippen LogP contribution in [0, 0.1) is 0 Å². The molecular weight excluding hydrogens is 378 g/mol. The van der Waals surface area contributed by atoms with E-state index in [9.17, 15) is 4.79 Å². The number of rotatable bonds is 8. The topological polar surface area (TPSA) is 66.9 Å². The lowest BCUT2D eigenvalue weighted by atomic mass is 10.2. The van der Waals surface area contributed by atoms with E-state index in [1.165, 1.54) is 11.3 Å². The molecule has 2 aromatic carbocycles. The van der Waals surface area contributed by atoms with Crippen LogP contribution < -0.4 is 14.2 Å². The summed E-state index contributed by atoms with van der Waals surface area (Å²) in [4.78, 5) is 16.9. The van der Waals surface area contributed by atoms with Gasteiger partial charge in [-0.25, -0.2) is 9.78 Å². The van der Waals surface area contributed by atoms with Gasteiger partial charge in [0.15, 0.2) is 11.5 Å². The second-order valence-corrected chi connectivity index (χ2v) is 6.58. The van der Waals surface area contributed by atoms with E-state index in [0.29, 0.717) is 29.4 Å². The van der Waals surface area contributed by atoms with E-state index in [0.717, 1.165) is 16.3 Å². The Morgan fingerprint density at radius 3 is 2.57 bits per heavy atom. The summed E-state index contributed by atoms with van der Waals surface area (Å²) < 4.78 is 21.5. The highest BCUT2D eigenvalue weighted by atomic mass is 32.1. The smallest absolute Gasteiger partial charge is 0.338 e. The second kappa shape index (κ2) is 9.23. The molecule has 6 nitrogen and oxygen atoms in total. The Labute approximate surface area is 167 Å². The van der Waals surface area contributed by atoms with Gasteiger partial charge in [-0.05, 0) is 37.3 Å². The van der Waals surface area contributed by atoms with Crippen molar-refractivity contribution in [3.63, 3.8) is 0 Å². The van der Waals surface area contributed by atoms with Gasteiger partial charge >= 0.3 is 5.97 Å². The summed E-state index contributed by atoms with van der Waals surface area (Å²) >= 11 is 1.47. The number of esters is 1. The second-order valence-electron chi connectivity index (χ2n) is 5.72. The minimum Gasteiger partial charge on any atom is -0.496 e. The molecule has 28 heavy (non-hydrogen) atoms. The first-order chi connectivity index (χ1) is 13.7. The largest absolute Gasteiger partial charge is 0.496 e. The van der Waals surface area contributed by atoms with Crippen LogP contribution in [0.2, 0.25) is 0 Å². The number of hydrogen-bond acceptors (Lipinski definition) is 7. The van der Waals surface area contributed by atoms with Crippen LogP contribution in [0.5, 0.6) is 17.2 Å². The van der Waals surface area contributed by atoms with Crippen LogP contribution in [-0.2, 0) is 11.3 Å². The molecule has 0 unspecified atom stereocenters. The molecule has 3 aromatic rings. The third-order valence-electron chi connectivity index (χ3n) is 3.94. The van der Waals surface area contributed by atoms with Crippen LogP contribution >= 0.6 is 11.3 Å². The fourth-order valence-corrected chi connectivity index (χ4v) is 3.45. The van der Waals surface area contributed by atoms with Gasteiger partial charge in [-0.3, -0.25) is 0 Å². The summed E-state index contributed by atoms with van der Waals surface area (Å²) in [6, 6.07) is 12.6. The molecule has 0 amide bonds. The molecule has 0 N–H and O–H groups in total. The van der Waals surface area contributed by atoms with Crippen molar-refractivity contribution >= 4 is 17.3 Å². The van der Waals surface area contributed by atoms with Crippen LogP contribution in [-0.4, -0.2) is 31.8 Å². The fraction of sp³-hybridized carbons (Fsp3) is 0.238. The van der Waals surface area contributed by atoms with Crippen molar-refractivity contribution in [2.45, 2.75) is 13.5 Å². The summed E-state index contributed by atoms with van der Waals surface area (Å²) in [7, 11) is 3.18. The molecule has 0 radical (unpaired) electrons. The third-order valence-corrected chi connectivity index (χ3v) is 4.86. The highest BCUT2D eigenvalue weighted by molar-refractivity contribution is 7.13. The molecule has 7 heteroatoms. The fourth-order valence-electron chi connectivity index (χ4n) is 2.61. The van der Waals surface area contributed by atoms with E-state index in [1.54, 1.807) is 32.4 Å². The molecule has 146 valence electrons. The SMILES string of the molecule is CCOc1cc(C(=O)OCc2csc(-c3ccccc3OC)n2)ccc1OC. The number of para-hydroxylation sites is 1. The standard InChI is InChI=1S/C21H21NO5S/c1-4-26-19-11-14(9-10-18(19)25-3)21(23)27-12-15-13-28-20(22-15)16-7-5-6-8-17(16)24-2/h5-11,13H,4,12H2,1-3H3. The molecule has 0 aliphatic carbocycles. The number of hydrogen-bond donors (Lipinski definition) is 0. The number of ether oxygens (including phenoxy) is 4. The zero-order chi connectivity index (χ0) is 19.9. The number of aromatic nitrogens is 1. The zero-order valence-electron chi connectivity index (χ0n) is 15.9. The number of nitrogens with zero attached hydrogens (tertiary/aromatic N) is 1. The first kappa shape index (κ1) is 19.7. The molecule has 0 aliphatic rings. The van der Waals surface area contributed by atoms with Gasteiger partial charge in [0.25, 0.3) is 0 Å². The van der Waals surface area contributed by atoms with Gasteiger partial charge in [-0.2, -0.15) is 0 Å². The van der Waals surface area contributed by atoms with Crippen molar-refractivity contribution in [1.29, 1.82) is 0 Å². The number of benzene rings is 2. The molecule has 1 heterocycles. The van der Waals surface area contributed by atoms with Crippen LogP contribution in [0.4, 0.5) is 0 Å². The summed E-state index contributed by atoms with van der Waals surface area (Å²) in [5.74, 6) is 1.38. The van der Waals surface area contributed by atoms with Gasteiger partial charge in [0.05, 0.1) is 37.6 Å². The van der Waals surface area contributed by atoms with Crippen molar-refractivity contribution in [3.8, 4) is 27.8 Å². The number of carbonyl (C=O) groups excluding carboxylic acids is 1. The molecule has 0 saturated heterocycles. The highest BCUT2D eigenvalue weighted by Crippen LogP contribution is 2.32. The summed E-state index contributed by atoms with van der Waals surface area (Å²) in [6.07, 6.45) is 0. The first-order valence-electron chi connectivity index (χ1n) is 8.72. The monoisotopic (exact) mass is 399 g/mol. The zero-order valence-corrected chi connectivity index (χ0v) is 16.7. The number of carbonyl (C=O) groups is 1. The van der Waals surface area contributed by atoms with E-state index >= 15 is 0 Å². The third kappa shape index (κ3) is 4.43. The Morgan fingerprint density at radius 1 is 1.04 bits per heavy atom. The lowest BCUT2D eigenvalue weighted by Crippen LogP contribution is -2.06. The van der Waals surface area contributed by atoms with E-state index in [-0.39, 0.29) is 6.61 Å². The van der Waals surface area contributed by atoms with Crippen molar-refractivity contribution in [1.82, 2.24) is 4.98 Å². The lowest BCUT2D eigenvalue weighted by Gasteiger charge is -2.10. The molecule has 0 saturated carbocycles. The first-order valence-corrected chi connectivity index (χ1v) is 9.60. The van der Waals surface area contributed by atoms with Crippen molar-refractivity contribution < 1.29 is 23.7 Å². The van der Waals surface area contributed by atoms with E-state index in [2.05, 4.69) is 4.98 Å². The van der Waals surface area contributed by atoms with Crippen molar-refractivity contribution in [2.24, 2.45) is 0 Å². The molecule has 0 aliphatic heterocycles. The van der Waals surface area contributed by atoms with E-state index < -0.39 is 5.97 Å². The molecule has 1 aromatic heterocycles. The summed E-state index contributed by atoms with van der Waals surface area (Å²) in [6.45, 7) is 2.42. The molecule has 0 fully saturated rings. The summed E-state index contributed by atoms with van der Waals surface area (Å²) in [5.41, 5.74) is 1.98. The predicted molar refractivity (Wildman–Crippen MR) is 107 cm³/mol. The lowest BCUT2D eigenvalue weighted by molar-refractivity contribution is 0.0468. The Balaban J connectivity index is 1.69. The van der Waals surface area contributed by atoms with E-state index in [1.807, 2.05) is 36.6 Å². The molecule has 0 atom stereocenters. The van der Waals surface area contributed by atoms with Crippen LogP contribution in [0.25, 0.3) is 10.6 Å². The maximum Gasteiger partial charge on any atom is 0.338 e. The maximum absolute atomic E-state index is 12.4. The van der Waals surface area contributed by atoms with Crippen molar-refractivity contribution in [3.05, 3.63) is 59.1 Å². The molecular formula is C21H21NO5S. The maximum atomic E-state index is 12.4. The van der Waals surface area contributed by atoms with Gasteiger partial charge in [-0.15, -0.1) is 11.3 Å². The normalized spacial score (nSPS) is 10.4. The average Bonchev–Trinajstić information content (AvgIpc) is 3.21. The van der Waals surface area contributed by atoms with Gasteiger partial charge in [0.1, 0.15) is 17.4 Å². The molecule has 0 bridgehead atoms. The van der Waals surface area contributed by atoms with E-state index in [4.69, 9.17) is 18.9 Å². The quantitative estimate of drug-likeness (QED) is 0.517. The molecule has 0 spiro atoms. The molecule has 3 rings (SSSR count). The van der Waals surface area contributed by atoms with Gasteiger partial charge in [0, 0.05) is 5.38 Å². The Morgan fingerprint density at radius 2 is 1.82 bits per heavy atom. The Hall–Kier alpha value is -3.06. The van der Waals surface area contributed by atoms with Gasteiger partial charge in [0.2, 0.25) is 0 Å². The minimum absolute atomic E-state index is 0.0838. The Bertz CT molecular complexity index is 953. The number of methoxy groups -OCH3 is 2. The van der Waals surface area contributed by atoms with Gasteiger partial charge < -0.3 is 18.9 Å². The Kier molecular flexibility index (Phi) is 6.49. The highest BCUT2D eigenvalue weighted by Gasteiger charge is 2.14. The minimum atomic E-state index is -0.449.